The number of hydrogen-bond acceptors (Lipinski definition) is 5. The fourth-order valence-corrected chi connectivity index (χ4v) is 4.27. The number of halogens is 2. The minimum atomic E-state index is -0.367. The number of piperidine rings is 1. The summed E-state index contributed by atoms with van der Waals surface area (Å²) >= 11 is 0. The van der Waals surface area contributed by atoms with E-state index >= 15 is 0 Å². The van der Waals surface area contributed by atoms with Crippen LogP contribution >= 0.6 is 0 Å². The van der Waals surface area contributed by atoms with E-state index in [9.17, 15) is 13.6 Å². The number of pyridine rings is 1. The van der Waals surface area contributed by atoms with Crippen LogP contribution in [0.25, 0.3) is 33.7 Å². The molecule has 2 aromatic heterocycles. The number of fused-ring (bicyclic) bond motifs is 1. The van der Waals surface area contributed by atoms with Gasteiger partial charge in [-0.1, -0.05) is 0 Å². The van der Waals surface area contributed by atoms with Crippen LogP contribution in [0.4, 0.5) is 19.3 Å². The number of hydrogen-bond donors (Lipinski definition) is 2. The Morgan fingerprint density at radius 1 is 0.971 bits per heavy atom. The number of aromatic nitrogens is 3. The number of likely N-dealkylation sites (N-methyl/N-ethyl adjacent to an activating group) is 1. The van der Waals surface area contributed by atoms with E-state index in [0.717, 1.165) is 25.9 Å². The van der Waals surface area contributed by atoms with Crippen LogP contribution in [-0.2, 0) is 0 Å². The quantitative estimate of drug-likeness (QED) is 0.442. The molecule has 0 radical (unpaired) electrons. The third kappa shape index (κ3) is 5.25. The van der Waals surface area contributed by atoms with Gasteiger partial charge in [-0.2, -0.15) is 0 Å². The van der Waals surface area contributed by atoms with E-state index < -0.39 is 0 Å². The smallest absolute Gasteiger partial charge is 0.319 e. The van der Waals surface area contributed by atoms with Gasteiger partial charge in [-0.25, -0.2) is 28.5 Å². The van der Waals surface area contributed by atoms with Gasteiger partial charge in [0.05, 0.1) is 23.3 Å². The van der Waals surface area contributed by atoms with Crippen molar-refractivity contribution in [2.24, 2.45) is 0 Å². The third-order valence-electron chi connectivity index (χ3n) is 5.97. The largest absolute Gasteiger partial charge is 0.334 e. The first-order chi connectivity index (χ1) is 16.9. The molecule has 35 heavy (non-hydrogen) atoms. The van der Waals surface area contributed by atoms with Gasteiger partial charge in [-0.05, 0) is 81.0 Å². The van der Waals surface area contributed by atoms with Crippen LogP contribution in [0.5, 0.6) is 0 Å². The summed E-state index contributed by atoms with van der Waals surface area (Å²) in [6.07, 6.45) is 3.50. The predicted octanol–water partition coefficient (Wildman–Crippen LogP) is 4.85. The van der Waals surface area contributed by atoms with Gasteiger partial charge in [0.2, 0.25) is 0 Å². The van der Waals surface area contributed by atoms with Crippen LogP contribution in [0.15, 0.2) is 60.8 Å². The summed E-state index contributed by atoms with van der Waals surface area (Å²) in [5.41, 5.74) is 3.61. The number of nitrogens with zero attached hydrogens (tertiary/aromatic N) is 4. The fourth-order valence-electron chi connectivity index (χ4n) is 4.27. The maximum atomic E-state index is 13.6. The molecule has 3 heterocycles. The van der Waals surface area contributed by atoms with Gasteiger partial charge in [0.25, 0.3) is 0 Å². The molecule has 0 saturated carbocycles. The molecule has 1 unspecified atom stereocenters. The average molecular weight is 475 g/mol. The van der Waals surface area contributed by atoms with Gasteiger partial charge in [0, 0.05) is 23.7 Å². The highest BCUT2D eigenvalue weighted by atomic mass is 19.1. The van der Waals surface area contributed by atoms with Crippen molar-refractivity contribution in [3.05, 3.63) is 72.4 Å². The summed E-state index contributed by atoms with van der Waals surface area (Å²) in [4.78, 5) is 28.5. The highest BCUT2D eigenvalue weighted by molar-refractivity contribution is 5.92. The van der Waals surface area contributed by atoms with Gasteiger partial charge in [-0.3, -0.25) is 0 Å². The Morgan fingerprint density at radius 3 is 2.23 bits per heavy atom. The molecule has 2 amide bonds. The minimum Gasteiger partial charge on any atom is -0.334 e. The van der Waals surface area contributed by atoms with E-state index in [1.165, 1.54) is 30.5 Å². The van der Waals surface area contributed by atoms with Gasteiger partial charge in [0.15, 0.2) is 5.65 Å². The van der Waals surface area contributed by atoms with Crippen LogP contribution in [-0.4, -0.2) is 52.1 Å². The maximum absolute atomic E-state index is 13.6. The zero-order valence-electron chi connectivity index (χ0n) is 19.1. The van der Waals surface area contributed by atoms with Gasteiger partial charge in [-0.15, -0.1) is 0 Å². The normalized spacial score (nSPS) is 16.3. The molecular weight excluding hydrogens is 450 g/mol. The van der Waals surface area contributed by atoms with E-state index in [2.05, 4.69) is 25.5 Å². The number of amides is 2. The number of nitrogens with one attached hydrogen (secondary N) is 2. The van der Waals surface area contributed by atoms with Gasteiger partial charge < -0.3 is 15.5 Å². The van der Waals surface area contributed by atoms with Crippen molar-refractivity contribution in [3.8, 4) is 22.5 Å². The highest BCUT2D eigenvalue weighted by Gasteiger charge is 2.19. The first-order valence-electron chi connectivity index (χ1n) is 11.4. The van der Waals surface area contributed by atoms with Crippen molar-refractivity contribution < 1.29 is 13.6 Å². The summed E-state index contributed by atoms with van der Waals surface area (Å²) in [7, 11) is 2.04. The summed E-state index contributed by atoms with van der Waals surface area (Å²) in [5.74, 6) is -0.730. The number of carbonyl (C=O) groups excluding carboxylic acids is 1. The van der Waals surface area contributed by atoms with E-state index in [4.69, 9.17) is 4.98 Å². The summed E-state index contributed by atoms with van der Waals surface area (Å²) in [6.45, 7) is 1.84. The monoisotopic (exact) mass is 474 g/mol. The van der Waals surface area contributed by atoms with Gasteiger partial charge in [0.1, 0.15) is 17.2 Å². The van der Waals surface area contributed by atoms with E-state index in [1.807, 2.05) is 7.05 Å². The zero-order valence-corrected chi connectivity index (χ0v) is 19.1. The SMILES string of the molecule is CN1CCCC(NC(=O)Nc2cnc3nc(-c4ccc(F)cc4)c(-c4ccc(F)cc4)nc3c2)C1. The number of likely N-dealkylation sites (tertiary alicyclic amines) is 1. The molecule has 2 N–H and O–H groups in total. The van der Waals surface area contributed by atoms with Crippen molar-refractivity contribution >= 4 is 22.9 Å². The first-order valence-corrected chi connectivity index (χ1v) is 11.4. The lowest BCUT2D eigenvalue weighted by Crippen LogP contribution is -2.47. The van der Waals surface area contributed by atoms with Crippen LogP contribution in [0.3, 0.4) is 0 Å². The Hall–Kier alpha value is -3.98. The number of benzene rings is 2. The highest BCUT2D eigenvalue weighted by Crippen LogP contribution is 2.31. The predicted molar refractivity (Wildman–Crippen MR) is 131 cm³/mol. The summed E-state index contributed by atoms with van der Waals surface area (Å²) < 4.78 is 27.1. The van der Waals surface area contributed by atoms with Crippen LogP contribution in [0.2, 0.25) is 0 Å². The van der Waals surface area contributed by atoms with E-state index in [1.54, 1.807) is 30.3 Å². The van der Waals surface area contributed by atoms with E-state index in [-0.39, 0.29) is 23.7 Å². The first kappa shape index (κ1) is 22.8. The van der Waals surface area contributed by atoms with Crippen molar-refractivity contribution in [2.45, 2.75) is 18.9 Å². The van der Waals surface area contributed by atoms with Crippen LogP contribution in [0.1, 0.15) is 12.8 Å². The third-order valence-corrected chi connectivity index (χ3v) is 5.97. The topological polar surface area (TPSA) is 83.0 Å². The van der Waals surface area contributed by atoms with E-state index in [0.29, 0.717) is 39.4 Å². The second-order valence-corrected chi connectivity index (χ2v) is 8.70. The van der Waals surface area contributed by atoms with Crippen LogP contribution < -0.4 is 10.6 Å². The Kier molecular flexibility index (Phi) is 6.33. The average Bonchev–Trinajstić information content (AvgIpc) is 2.84. The molecule has 1 fully saturated rings. The lowest BCUT2D eigenvalue weighted by Gasteiger charge is -2.30. The Labute approximate surface area is 201 Å². The molecule has 7 nitrogen and oxygen atoms in total. The second kappa shape index (κ2) is 9.71. The fraction of sp³-hybridized carbons (Fsp3) is 0.231. The molecule has 5 rings (SSSR count). The molecule has 1 saturated heterocycles. The lowest BCUT2D eigenvalue weighted by atomic mass is 10.0. The van der Waals surface area contributed by atoms with Crippen molar-refractivity contribution in [2.75, 3.05) is 25.5 Å². The molecule has 1 atom stereocenters. The van der Waals surface area contributed by atoms with Crippen molar-refractivity contribution in [1.82, 2.24) is 25.2 Å². The molecule has 9 heteroatoms. The number of carbonyl (C=O) groups is 1. The maximum Gasteiger partial charge on any atom is 0.319 e. The van der Waals surface area contributed by atoms with Gasteiger partial charge >= 0.3 is 6.03 Å². The standard InChI is InChI=1S/C26H24F2N6O/c1-34-12-2-3-20(15-34)30-26(35)31-21-13-22-25(29-14-21)33-24(17-6-10-19(28)11-7-17)23(32-22)16-4-8-18(27)9-5-16/h4-11,13-14,20H,2-3,12,15H2,1H3,(H2,30,31,35). The summed E-state index contributed by atoms with van der Waals surface area (Å²) in [6, 6.07) is 13.3. The molecule has 1 aliphatic heterocycles. The van der Waals surface area contributed by atoms with Crippen molar-refractivity contribution in [3.63, 3.8) is 0 Å². The second-order valence-electron chi connectivity index (χ2n) is 8.70. The number of anilines is 1. The molecular formula is C26H24F2N6O. The lowest BCUT2D eigenvalue weighted by molar-refractivity contribution is 0.216. The summed E-state index contributed by atoms with van der Waals surface area (Å²) in [5, 5.41) is 5.83. The molecule has 0 bridgehead atoms. The number of urea groups is 1. The Bertz CT molecular complexity index is 1360. The zero-order chi connectivity index (χ0) is 24.4. The van der Waals surface area contributed by atoms with Crippen molar-refractivity contribution in [1.29, 1.82) is 0 Å². The Balaban J connectivity index is 1.48. The minimum absolute atomic E-state index is 0.0882. The Morgan fingerprint density at radius 2 is 1.60 bits per heavy atom. The molecule has 0 aliphatic carbocycles. The molecule has 1 aliphatic rings. The molecule has 0 spiro atoms. The van der Waals surface area contributed by atoms with Crippen LogP contribution in [0, 0.1) is 11.6 Å². The number of rotatable bonds is 4. The molecule has 178 valence electrons. The molecule has 4 aromatic rings. The molecule has 2 aromatic carbocycles.